The predicted octanol–water partition coefficient (Wildman–Crippen LogP) is 1.00. The number of Topliss-reactive ketones (excluding diaryl/α,β-unsaturated/α-hetero) is 3. The highest BCUT2D eigenvalue weighted by atomic mass is 16.5. The van der Waals surface area contributed by atoms with Crippen LogP contribution in [0.3, 0.4) is 0 Å². The van der Waals surface area contributed by atoms with Gasteiger partial charge in [-0.25, -0.2) is 0 Å². The summed E-state index contributed by atoms with van der Waals surface area (Å²) in [5.41, 5.74) is 1.40. The number of carboxylic acids is 1. The molecule has 17 nitrogen and oxygen atoms in total. The van der Waals surface area contributed by atoms with Gasteiger partial charge >= 0.3 is 5.97 Å². The molecule has 0 spiro atoms. The van der Waals surface area contributed by atoms with E-state index in [0.717, 1.165) is 5.56 Å². The number of hydrogen-bond donors (Lipinski definition) is 7. The van der Waals surface area contributed by atoms with E-state index in [9.17, 15) is 43.5 Å². The van der Waals surface area contributed by atoms with Gasteiger partial charge in [0, 0.05) is 57.7 Å². The number of benzene rings is 2. The van der Waals surface area contributed by atoms with E-state index in [1.54, 1.807) is 60.7 Å². The lowest BCUT2D eigenvalue weighted by Crippen LogP contribution is -2.51. The molecule has 0 aliphatic heterocycles. The summed E-state index contributed by atoms with van der Waals surface area (Å²) >= 11 is 0. The molecule has 2 aromatic carbocycles. The molecule has 2 rings (SSSR count). The monoisotopic (exact) mass is 840 g/mol. The Morgan fingerprint density at radius 1 is 0.550 bits per heavy atom. The molecule has 4 amide bonds. The molecule has 7 N–H and O–H groups in total. The highest BCUT2D eigenvalue weighted by Gasteiger charge is 2.30. The summed E-state index contributed by atoms with van der Waals surface area (Å²) < 4.78 is 10.4. The Kier molecular flexibility index (Phi) is 25.9. The fourth-order valence-corrected chi connectivity index (χ4v) is 6.00. The van der Waals surface area contributed by atoms with Crippen molar-refractivity contribution in [1.29, 1.82) is 0 Å². The molecule has 0 aliphatic carbocycles. The Labute approximate surface area is 350 Å². The summed E-state index contributed by atoms with van der Waals surface area (Å²) in [6, 6.07) is 15.3. The van der Waals surface area contributed by atoms with Crippen LogP contribution in [0.25, 0.3) is 0 Å². The SMILES string of the molecule is O=C(O)CC(=O)CC(CCC(=O)NC(Cc1ccccc1)C(=O)NCC(=O)CCCCOCCO)C(=O)NC(Cc1ccccc1)C(=O)NCC(=O)CCCCOCCO. The lowest BCUT2D eigenvalue weighted by molar-refractivity contribution is -0.141. The first kappa shape index (κ1) is 50.8. The number of aliphatic hydroxyl groups excluding tert-OH is 2. The Morgan fingerprint density at radius 3 is 1.47 bits per heavy atom. The van der Waals surface area contributed by atoms with Crippen molar-refractivity contribution in [1.82, 2.24) is 21.3 Å². The van der Waals surface area contributed by atoms with Crippen LogP contribution >= 0.6 is 0 Å². The maximum Gasteiger partial charge on any atom is 0.310 e. The van der Waals surface area contributed by atoms with Crippen molar-refractivity contribution in [3.63, 3.8) is 0 Å². The van der Waals surface area contributed by atoms with Crippen molar-refractivity contribution in [3.05, 3.63) is 71.8 Å². The predicted molar refractivity (Wildman–Crippen MR) is 218 cm³/mol. The summed E-state index contributed by atoms with van der Waals surface area (Å²) in [5.74, 6) is -6.61. The largest absolute Gasteiger partial charge is 0.481 e. The van der Waals surface area contributed by atoms with E-state index in [2.05, 4.69) is 21.3 Å². The number of carbonyl (C=O) groups excluding carboxylic acids is 7. The van der Waals surface area contributed by atoms with Gasteiger partial charge in [-0.3, -0.25) is 38.4 Å². The van der Waals surface area contributed by atoms with Crippen LogP contribution in [0, 0.1) is 5.92 Å². The molecule has 0 saturated carbocycles. The third-order valence-corrected chi connectivity index (χ3v) is 9.14. The lowest BCUT2D eigenvalue weighted by atomic mass is 9.93. The highest BCUT2D eigenvalue weighted by Crippen LogP contribution is 2.16. The van der Waals surface area contributed by atoms with Crippen LogP contribution < -0.4 is 21.3 Å². The Bertz CT molecular complexity index is 1640. The zero-order valence-electron chi connectivity index (χ0n) is 34.1. The van der Waals surface area contributed by atoms with E-state index in [1.807, 2.05) is 0 Å². The fraction of sp³-hybridized carbons (Fsp3) is 0.535. The van der Waals surface area contributed by atoms with Crippen LogP contribution in [0.4, 0.5) is 0 Å². The van der Waals surface area contributed by atoms with Crippen LogP contribution in [-0.4, -0.2) is 127 Å². The molecule has 3 atom stereocenters. The molecule has 0 fully saturated rings. The molecule has 0 bridgehead atoms. The second-order valence-electron chi connectivity index (χ2n) is 14.2. The molecule has 2 aromatic rings. The van der Waals surface area contributed by atoms with E-state index < -0.39 is 66.2 Å². The third kappa shape index (κ3) is 23.3. The number of aliphatic hydroxyl groups is 2. The average molecular weight is 841 g/mol. The zero-order valence-corrected chi connectivity index (χ0v) is 34.1. The first-order valence-electron chi connectivity index (χ1n) is 20.3. The molecular weight excluding hydrogens is 780 g/mol. The van der Waals surface area contributed by atoms with Crippen LogP contribution in [0.2, 0.25) is 0 Å². The number of carbonyl (C=O) groups is 8. The fourth-order valence-electron chi connectivity index (χ4n) is 6.00. The quantitative estimate of drug-likeness (QED) is 0.0384. The number of aliphatic carboxylic acids is 1. The van der Waals surface area contributed by atoms with Crippen molar-refractivity contribution in [2.75, 3.05) is 52.7 Å². The number of nitrogens with one attached hydrogen (secondary N) is 4. The topological polar surface area (TPSA) is 264 Å². The molecule has 3 unspecified atom stereocenters. The Balaban J connectivity index is 2.13. The second-order valence-corrected chi connectivity index (χ2v) is 14.2. The number of hydrogen-bond acceptors (Lipinski definition) is 12. The van der Waals surface area contributed by atoms with Gasteiger partial charge < -0.3 is 46.1 Å². The summed E-state index contributed by atoms with van der Waals surface area (Å²) in [7, 11) is 0. The summed E-state index contributed by atoms with van der Waals surface area (Å²) in [6.07, 6.45) is 0.649. The molecule has 0 aromatic heterocycles. The van der Waals surface area contributed by atoms with Crippen molar-refractivity contribution in [3.8, 4) is 0 Å². The average Bonchev–Trinajstić information content (AvgIpc) is 3.23. The van der Waals surface area contributed by atoms with Gasteiger partial charge in [0.25, 0.3) is 0 Å². The highest BCUT2D eigenvalue weighted by molar-refractivity contribution is 5.98. The normalized spacial score (nSPS) is 12.4. The molecule has 0 heterocycles. The molecular formula is C43H60N4O13. The van der Waals surface area contributed by atoms with Gasteiger partial charge in [-0.2, -0.15) is 0 Å². The lowest BCUT2D eigenvalue weighted by Gasteiger charge is -2.23. The van der Waals surface area contributed by atoms with E-state index in [4.69, 9.17) is 19.7 Å². The van der Waals surface area contributed by atoms with E-state index in [-0.39, 0.29) is 89.6 Å². The molecule has 17 heteroatoms. The maximum atomic E-state index is 13.8. The van der Waals surface area contributed by atoms with Gasteiger partial charge in [-0.15, -0.1) is 0 Å². The minimum absolute atomic E-state index is 0.0168. The number of ether oxygens (including phenoxy) is 2. The van der Waals surface area contributed by atoms with Crippen LogP contribution in [-0.2, 0) is 60.7 Å². The van der Waals surface area contributed by atoms with E-state index >= 15 is 0 Å². The molecule has 0 saturated heterocycles. The van der Waals surface area contributed by atoms with Crippen molar-refractivity contribution >= 4 is 46.9 Å². The van der Waals surface area contributed by atoms with Crippen LogP contribution in [0.5, 0.6) is 0 Å². The maximum absolute atomic E-state index is 13.8. The Morgan fingerprint density at radius 2 is 1.02 bits per heavy atom. The number of rotatable bonds is 34. The van der Waals surface area contributed by atoms with Crippen molar-refractivity contribution in [2.45, 2.75) is 89.1 Å². The van der Waals surface area contributed by atoms with E-state index in [0.29, 0.717) is 44.5 Å². The summed E-state index contributed by atoms with van der Waals surface area (Å²) in [5, 5.41) is 37.3. The Hall–Kier alpha value is -5.36. The molecule has 330 valence electrons. The summed E-state index contributed by atoms with van der Waals surface area (Å²) in [6.45, 7) is 0.408. The van der Waals surface area contributed by atoms with Crippen molar-refractivity contribution in [2.24, 2.45) is 5.92 Å². The van der Waals surface area contributed by atoms with Gasteiger partial charge in [0.05, 0.1) is 39.5 Å². The number of amides is 4. The van der Waals surface area contributed by atoms with Crippen molar-refractivity contribution < 1.29 is 63.1 Å². The first-order chi connectivity index (χ1) is 28.9. The number of carboxylic acid groups (broad SMARTS) is 1. The minimum Gasteiger partial charge on any atom is -0.481 e. The molecule has 0 radical (unpaired) electrons. The minimum atomic E-state index is -1.40. The van der Waals surface area contributed by atoms with E-state index in [1.165, 1.54) is 0 Å². The van der Waals surface area contributed by atoms with Gasteiger partial charge in [-0.1, -0.05) is 60.7 Å². The van der Waals surface area contributed by atoms with Gasteiger partial charge in [0.1, 0.15) is 24.3 Å². The smallest absolute Gasteiger partial charge is 0.310 e. The number of unbranched alkanes of at least 4 members (excludes halogenated alkanes) is 2. The first-order valence-corrected chi connectivity index (χ1v) is 20.3. The molecule has 0 aliphatic rings. The number of ketones is 3. The van der Waals surface area contributed by atoms with Gasteiger partial charge in [-0.05, 0) is 43.2 Å². The van der Waals surface area contributed by atoms with Gasteiger partial charge in [0.15, 0.2) is 11.6 Å². The molecule has 60 heavy (non-hydrogen) atoms. The van der Waals surface area contributed by atoms with Crippen LogP contribution in [0.1, 0.15) is 75.3 Å². The second kappa shape index (κ2) is 30.6. The third-order valence-electron chi connectivity index (χ3n) is 9.14. The van der Waals surface area contributed by atoms with Crippen LogP contribution in [0.15, 0.2) is 60.7 Å². The summed E-state index contributed by atoms with van der Waals surface area (Å²) in [4.78, 5) is 103. The zero-order chi connectivity index (χ0) is 44.0. The van der Waals surface area contributed by atoms with Gasteiger partial charge in [0.2, 0.25) is 23.6 Å². The standard InChI is InChI=1S/C43H60N4O13/c48-19-23-59-21-9-7-15-34(50)29-44-42(57)37(25-31-11-3-1-4-12-31)46-39(53)18-17-33(27-36(52)28-40(54)55)41(56)47-38(26-32-13-5-2-6-14-32)43(58)45-30-35(51)16-8-10-22-60-24-20-49/h1-6,11-14,33,37-38,48-49H,7-10,15-30H2,(H,44,57)(H,45,58)(H,46,53)(H,47,56)(H,54,55).